The molecule has 0 aliphatic carbocycles. The van der Waals surface area contributed by atoms with E-state index in [2.05, 4.69) is 20.0 Å². The molecule has 0 atom stereocenters. The Morgan fingerprint density at radius 1 is 1.00 bits per heavy atom. The number of nitrogens with one attached hydrogen (secondary N) is 3. The Labute approximate surface area is 281 Å². The van der Waals surface area contributed by atoms with E-state index in [9.17, 15) is 27.6 Å². The Morgan fingerprint density at radius 3 is 2.49 bits per heavy atom. The number of carbonyl (C=O) groups excluding carboxylic acids is 3. The Balaban J connectivity index is 1.38. The van der Waals surface area contributed by atoms with Crippen molar-refractivity contribution in [2.75, 3.05) is 26.8 Å². The molecule has 0 aliphatic heterocycles. The van der Waals surface area contributed by atoms with Crippen LogP contribution in [0.15, 0.2) is 70.5 Å². The number of hydrogen-bond acceptors (Lipinski definition) is 10. The van der Waals surface area contributed by atoms with Crippen molar-refractivity contribution in [3.8, 4) is 5.69 Å². The van der Waals surface area contributed by atoms with Gasteiger partial charge < -0.3 is 24.5 Å². The number of para-hydroxylation sites is 2. The maximum atomic E-state index is 14.2. The van der Waals surface area contributed by atoms with Crippen LogP contribution in [0.5, 0.6) is 0 Å². The van der Waals surface area contributed by atoms with E-state index in [1.54, 1.807) is 39.1 Å². The number of aromatic amines is 1. The van der Waals surface area contributed by atoms with Gasteiger partial charge in [0.05, 0.1) is 41.7 Å². The van der Waals surface area contributed by atoms with Crippen LogP contribution in [-0.4, -0.2) is 67.8 Å². The average Bonchev–Trinajstić information content (AvgIpc) is 3.48. The van der Waals surface area contributed by atoms with Gasteiger partial charge in [-0.2, -0.15) is 0 Å². The largest absolute Gasteiger partial charge is 0.464 e. The maximum Gasteiger partial charge on any atom is 0.407 e. The molecule has 5 rings (SSSR count). The monoisotopic (exact) mass is 689 g/mol. The number of carbonyl (C=O) groups is 3. The lowest BCUT2D eigenvalue weighted by Gasteiger charge is -2.19. The second-order valence-electron chi connectivity index (χ2n) is 10.9. The van der Waals surface area contributed by atoms with Gasteiger partial charge in [0.1, 0.15) is 11.5 Å². The average molecular weight is 690 g/mol. The third kappa shape index (κ3) is 7.32. The van der Waals surface area contributed by atoms with E-state index in [0.717, 1.165) is 21.0 Å². The lowest BCUT2D eigenvalue weighted by Crippen LogP contribution is -2.31. The van der Waals surface area contributed by atoms with Gasteiger partial charge in [0.25, 0.3) is 5.56 Å². The summed E-state index contributed by atoms with van der Waals surface area (Å²) in [6, 6.07) is 14.9. The van der Waals surface area contributed by atoms with Crippen LogP contribution < -0.4 is 15.6 Å². The molecule has 0 bridgehead atoms. The first-order chi connectivity index (χ1) is 23.5. The molecule has 3 N–H and O–H groups in total. The molecule has 0 saturated carbocycles. The number of benzene rings is 3. The van der Waals surface area contributed by atoms with Gasteiger partial charge in [0.2, 0.25) is 10.0 Å². The zero-order valence-electron chi connectivity index (χ0n) is 27.3. The quantitative estimate of drug-likeness (QED) is 0.0993. The molecule has 256 valence electrons. The first-order valence-corrected chi connectivity index (χ1v) is 16.8. The highest BCUT2D eigenvalue weighted by Crippen LogP contribution is 2.26. The van der Waals surface area contributed by atoms with Crippen molar-refractivity contribution in [3.05, 3.63) is 99.2 Å². The SMILES string of the molecule is CCOC(=O)c1c(C)cc2nc(COC(=O)NCCOC(=O)Cc3c[nH]c4ccccc34)n(-c3ccccc3S(=O)(=O)NC)c(=O)c2c1C. The molecule has 2 aromatic heterocycles. The highest BCUT2D eigenvalue weighted by Gasteiger charge is 2.25. The lowest BCUT2D eigenvalue weighted by molar-refractivity contribution is -0.142. The van der Waals surface area contributed by atoms with E-state index in [1.807, 2.05) is 24.3 Å². The van der Waals surface area contributed by atoms with Crippen molar-refractivity contribution >= 4 is 49.9 Å². The van der Waals surface area contributed by atoms with Crippen molar-refractivity contribution < 1.29 is 37.0 Å². The minimum atomic E-state index is -4.07. The van der Waals surface area contributed by atoms with Crippen LogP contribution in [0, 0.1) is 13.8 Å². The summed E-state index contributed by atoms with van der Waals surface area (Å²) in [5.41, 5.74) is 2.17. The molecule has 0 spiro atoms. The minimum absolute atomic E-state index is 0.0462. The molecule has 0 fully saturated rings. The number of nitrogens with zero attached hydrogens (tertiary/aromatic N) is 2. The molecule has 2 heterocycles. The number of rotatable bonds is 12. The normalized spacial score (nSPS) is 11.4. The van der Waals surface area contributed by atoms with E-state index >= 15 is 0 Å². The molecule has 0 saturated heterocycles. The number of aryl methyl sites for hydroxylation is 2. The van der Waals surface area contributed by atoms with Gasteiger partial charge >= 0.3 is 18.0 Å². The van der Waals surface area contributed by atoms with E-state index in [1.165, 1.54) is 25.2 Å². The zero-order chi connectivity index (χ0) is 35.3. The maximum absolute atomic E-state index is 14.2. The van der Waals surface area contributed by atoms with Crippen LogP contribution in [0.4, 0.5) is 4.79 Å². The summed E-state index contributed by atoms with van der Waals surface area (Å²) in [7, 11) is -2.83. The number of amides is 1. The molecular weight excluding hydrogens is 654 g/mol. The number of sulfonamides is 1. The number of esters is 2. The van der Waals surface area contributed by atoms with Crippen molar-refractivity contribution in [1.82, 2.24) is 24.6 Å². The van der Waals surface area contributed by atoms with Gasteiger partial charge in [0.15, 0.2) is 12.4 Å². The van der Waals surface area contributed by atoms with Gasteiger partial charge in [-0.3, -0.25) is 14.2 Å². The van der Waals surface area contributed by atoms with Gasteiger partial charge in [-0.1, -0.05) is 30.3 Å². The van der Waals surface area contributed by atoms with Crippen molar-refractivity contribution in [3.63, 3.8) is 0 Å². The standard InChI is InChI=1S/C34H35N5O9S/c1-5-46-33(42)30-20(2)16-25-31(21(30)3)32(41)39(26-12-8-9-13-27(26)49(44,45)35-4)28(38-25)19-48-34(43)36-14-15-47-29(40)17-22-18-37-24-11-7-6-10-23(22)24/h6-13,16,18,35,37H,5,14-15,17,19H2,1-4H3,(H,36,43). The van der Waals surface area contributed by atoms with Crippen LogP contribution in [-0.2, 0) is 42.1 Å². The van der Waals surface area contributed by atoms with Gasteiger partial charge in [-0.25, -0.2) is 27.7 Å². The number of alkyl carbamates (subject to hydrolysis) is 1. The smallest absolute Gasteiger partial charge is 0.407 e. The summed E-state index contributed by atoms with van der Waals surface area (Å²) in [5.74, 6) is -1.17. The summed E-state index contributed by atoms with van der Waals surface area (Å²) < 4.78 is 45.1. The van der Waals surface area contributed by atoms with Crippen molar-refractivity contribution in [1.29, 1.82) is 0 Å². The summed E-state index contributed by atoms with van der Waals surface area (Å²) in [4.78, 5) is 59.6. The summed E-state index contributed by atoms with van der Waals surface area (Å²) in [5, 5.41) is 3.46. The Kier molecular flexibility index (Phi) is 10.4. The lowest BCUT2D eigenvalue weighted by atomic mass is 9.98. The zero-order valence-corrected chi connectivity index (χ0v) is 28.1. The second kappa shape index (κ2) is 14.7. The Hall–Kier alpha value is -5.54. The fourth-order valence-electron chi connectivity index (χ4n) is 5.56. The van der Waals surface area contributed by atoms with E-state index in [-0.39, 0.29) is 59.1 Å². The molecular formula is C34H35N5O9S. The molecule has 14 nitrogen and oxygen atoms in total. The number of aromatic nitrogens is 3. The molecule has 3 aromatic carbocycles. The van der Waals surface area contributed by atoms with E-state index in [4.69, 9.17) is 14.2 Å². The third-order valence-electron chi connectivity index (χ3n) is 7.80. The highest BCUT2D eigenvalue weighted by molar-refractivity contribution is 7.89. The van der Waals surface area contributed by atoms with Crippen LogP contribution in [0.2, 0.25) is 0 Å². The first kappa shape index (κ1) is 34.8. The number of hydrogen-bond donors (Lipinski definition) is 3. The molecule has 15 heteroatoms. The first-order valence-electron chi connectivity index (χ1n) is 15.3. The van der Waals surface area contributed by atoms with Crippen LogP contribution in [0.1, 0.15) is 39.8 Å². The van der Waals surface area contributed by atoms with Crippen molar-refractivity contribution in [2.45, 2.75) is 38.7 Å². The summed E-state index contributed by atoms with van der Waals surface area (Å²) >= 11 is 0. The van der Waals surface area contributed by atoms with E-state index in [0.29, 0.717) is 11.1 Å². The number of H-pyrrole nitrogens is 1. The Morgan fingerprint density at radius 2 is 1.73 bits per heavy atom. The van der Waals surface area contributed by atoms with Crippen LogP contribution in [0.3, 0.4) is 0 Å². The summed E-state index contributed by atoms with van der Waals surface area (Å²) in [6.07, 6.45) is 0.899. The number of fused-ring (bicyclic) bond motifs is 2. The fraction of sp³-hybridized carbons (Fsp3) is 0.265. The fourth-order valence-corrected chi connectivity index (χ4v) is 6.48. The minimum Gasteiger partial charge on any atom is -0.464 e. The van der Waals surface area contributed by atoms with Gasteiger partial charge in [-0.15, -0.1) is 0 Å². The van der Waals surface area contributed by atoms with Gasteiger partial charge in [0, 0.05) is 17.1 Å². The van der Waals surface area contributed by atoms with Crippen molar-refractivity contribution in [2.24, 2.45) is 0 Å². The molecule has 1 amide bonds. The molecule has 0 unspecified atom stereocenters. The Bertz CT molecular complexity index is 2240. The van der Waals surface area contributed by atoms with Crippen LogP contribution >= 0.6 is 0 Å². The third-order valence-corrected chi connectivity index (χ3v) is 9.26. The number of ether oxygens (including phenoxy) is 3. The predicted octanol–water partition coefficient (Wildman–Crippen LogP) is 3.58. The predicted molar refractivity (Wildman–Crippen MR) is 180 cm³/mol. The van der Waals surface area contributed by atoms with E-state index < -0.39 is 40.2 Å². The topological polar surface area (TPSA) is 188 Å². The highest BCUT2D eigenvalue weighted by atomic mass is 32.2. The molecule has 0 aliphatic rings. The van der Waals surface area contributed by atoms with Gasteiger partial charge in [-0.05, 0) is 68.8 Å². The molecule has 5 aromatic rings. The summed E-state index contributed by atoms with van der Waals surface area (Å²) in [6.45, 7) is 4.33. The second-order valence-corrected chi connectivity index (χ2v) is 12.8. The molecule has 0 radical (unpaired) electrons. The van der Waals surface area contributed by atoms with Crippen LogP contribution in [0.25, 0.3) is 27.5 Å². The molecule has 49 heavy (non-hydrogen) atoms.